The first kappa shape index (κ1) is 34.7. The lowest BCUT2D eigenvalue weighted by Crippen LogP contribution is -2.36. The predicted molar refractivity (Wildman–Crippen MR) is 162 cm³/mol. The summed E-state index contributed by atoms with van der Waals surface area (Å²) in [5, 5.41) is 0. The maximum absolute atomic E-state index is 7.05. The van der Waals surface area contributed by atoms with Gasteiger partial charge in [-0.15, -0.1) is 0 Å². The largest absolute Gasteiger partial charge is 0.327 e. The van der Waals surface area contributed by atoms with Crippen molar-refractivity contribution in [1.82, 2.24) is 0 Å². The van der Waals surface area contributed by atoms with Crippen LogP contribution in [-0.4, -0.2) is 6.04 Å². The zero-order valence-corrected chi connectivity index (χ0v) is 26.6. The Hall–Kier alpha value is -0.300. The van der Waals surface area contributed by atoms with E-state index in [2.05, 4.69) is 95.2 Å². The SMILES string of the molecule is CCCC(C)(C)CC(C)(C)CC(CCC(C)CC(C)CC)C(N)CC(C)/C=C\C(CC)CC(C)C. The highest BCUT2D eigenvalue weighted by Gasteiger charge is 2.33. The highest BCUT2D eigenvalue weighted by atomic mass is 14.7. The van der Waals surface area contributed by atoms with Crippen LogP contribution in [0.4, 0.5) is 0 Å². The Labute approximate surface area is 223 Å². The summed E-state index contributed by atoms with van der Waals surface area (Å²) in [6.45, 7) is 28.9. The highest BCUT2D eigenvalue weighted by molar-refractivity contribution is 4.94. The molecule has 0 amide bonds. The summed E-state index contributed by atoms with van der Waals surface area (Å²) in [6, 6.07) is 0.296. The summed E-state index contributed by atoms with van der Waals surface area (Å²) in [7, 11) is 0. The molecule has 210 valence electrons. The molecule has 0 bridgehead atoms. The van der Waals surface area contributed by atoms with Crippen molar-refractivity contribution in [3.8, 4) is 0 Å². The third-order valence-corrected chi connectivity index (χ3v) is 8.49. The minimum absolute atomic E-state index is 0.296. The van der Waals surface area contributed by atoms with Gasteiger partial charge in [-0.05, 0) is 97.7 Å². The third-order valence-electron chi connectivity index (χ3n) is 8.49. The van der Waals surface area contributed by atoms with Gasteiger partial charge < -0.3 is 5.73 Å². The van der Waals surface area contributed by atoms with Crippen LogP contribution < -0.4 is 5.73 Å². The van der Waals surface area contributed by atoms with Gasteiger partial charge in [0.25, 0.3) is 0 Å². The van der Waals surface area contributed by atoms with E-state index in [-0.39, 0.29) is 0 Å². The average Bonchev–Trinajstić information content (AvgIpc) is 2.72. The fourth-order valence-corrected chi connectivity index (χ4v) is 6.81. The Morgan fingerprint density at radius 2 is 1.34 bits per heavy atom. The Bertz CT molecular complexity index is 543. The van der Waals surface area contributed by atoms with Crippen LogP contribution in [0.2, 0.25) is 0 Å². The maximum atomic E-state index is 7.05. The van der Waals surface area contributed by atoms with Crippen molar-refractivity contribution in [2.24, 2.45) is 52.1 Å². The molecule has 0 aromatic carbocycles. The van der Waals surface area contributed by atoms with Gasteiger partial charge >= 0.3 is 0 Å². The number of hydrogen-bond acceptors (Lipinski definition) is 1. The molecule has 0 aromatic heterocycles. The molecule has 1 nitrogen and oxygen atoms in total. The van der Waals surface area contributed by atoms with Crippen molar-refractivity contribution in [2.45, 2.75) is 160 Å². The Balaban J connectivity index is 5.34. The molecular formula is C34H69N. The van der Waals surface area contributed by atoms with Crippen LogP contribution in [0.25, 0.3) is 0 Å². The molecule has 0 spiro atoms. The summed E-state index contributed by atoms with van der Waals surface area (Å²) in [6.07, 6.45) is 19.1. The summed E-state index contributed by atoms with van der Waals surface area (Å²) in [5.41, 5.74) is 7.80. The average molecular weight is 492 g/mol. The molecule has 6 atom stereocenters. The van der Waals surface area contributed by atoms with E-state index in [1.165, 1.54) is 64.2 Å². The monoisotopic (exact) mass is 492 g/mol. The summed E-state index contributed by atoms with van der Waals surface area (Å²) in [4.78, 5) is 0. The maximum Gasteiger partial charge on any atom is 0.00728 e. The molecule has 0 fully saturated rings. The van der Waals surface area contributed by atoms with E-state index in [1.807, 2.05) is 0 Å². The first-order chi connectivity index (χ1) is 16.1. The van der Waals surface area contributed by atoms with Gasteiger partial charge in [-0.1, -0.05) is 114 Å². The van der Waals surface area contributed by atoms with Gasteiger partial charge in [0, 0.05) is 6.04 Å². The molecule has 1 heteroatoms. The zero-order valence-electron chi connectivity index (χ0n) is 26.6. The van der Waals surface area contributed by atoms with E-state index in [9.17, 15) is 0 Å². The molecule has 0 aliphatic rings. The molecule has 2 N–H and O–H groups in total. The zero-order chi connectivity index (χ0) is 27.2. The topological polar surface area (TPSA) is 26.0 Å². The van der Waals surface area contributed by atoms with E-state index in [0.29, 0.717) is 34.6 Å². The van der Waals surface area contributed by atoms with Crippen LogP contribution in [0.15, 0.2) is 12.2 Å². The van der Waals surface area contributed by atoms with Gasteiger partial charge in [-0.2, -0.15) is 0 Å². The number of nitrogens with two attached hydrogens (primary N) is 1. The van der Waals surface area contributed by atoms with Crippen molar-refractivity contribution in [2.75, 3.05) is 0 Å². The van der Waals surface area contributed by atoms with Crippen molar-refractivity contribution in [3.63, 3.8) is 0 Å². The van der Waals surface area contributed by atoms with Gasteiger partial charge in [-0.25, -0.2) is 0 Å². The summed E-state index contributed by atoms with van der Waals surface area (Å²) >= 11 is 0. The predicted octanol–water partition coefficient (Wildman–Crippen LogP) is 11.1. The van der Waals surface area contributed by atoms with E-state index in [0.717, 1.165) is 24.2 Å². The minimum Gasteiger partial charge on any atom is -0.327 e. The quantitative estimate of drug-likeness (QED) is 0.168. The van der Waals surface area contributed by atoms with E-state index < -0.39 is 0 Å². The molecule has 0 rings (SSSR count). The lowest BCUT2D eigenvalue weighted by molar-refractivity contribution is 0.131. The smallest absolute Gasteiger partial charge is 0.00728 e. The van der Waals surface area contributed by atoms with Gasteiger partial charge in [0.05, 0.1) is 0 Å². The summed E-state index contributed by atoms with van der Waals surface area (Å²) in [5.74, 6) is 4.30. The molecule has 0 saturated carbocycles. The van der Waals surface area contributed by atoms with Crippen molar-refractivity contribution in [3.05, 3.63) is 12.2 Å². The number of allylic oxidation sites excluding steroid dienone is 2. The second-order valence-corrected chi connectivity index (χ2v) is 14.7. The normalized spacial score (nSPS) is 18.6. The lowest BCUT2D eigenvalue weighted by Gasteiger charge is -2.39. The van der Waals surface area contributed by atoms with E-state index >= 15 is 0 Å². The van der Waals surface area contributed by atoms with Gasteiger partial charge in [-0.3, -0.25) is 0 Å². The fraction of sp³-hybridized carbons (Fsp3) is 0.941. The van der Waals surface area contributed by atoms with Crippen LogP contribution in [0.1, 0.15) is 154 Å². The highest BCUT2D eigenvalue weighted by Crippen LogP contribution is 2.42. The molecule has 0 heterocycles. The molecule has 0 saturated heterocycles. The first-order valence-corrected chi connectivity index (χ1v) is 15.6. The van der Waals surface area contributed by atoms with Gasteiger partial charge in [0.1, 0.15) is 0 Å². The second-order valence-electron chi connectivity index (χ2n) is 14.7. The van der Waals surface area contributed by atoms with Crippen LogP contribution in [0, 0.1) is 46.3 Å². The van der Waals surface area contributed by atoms with E-state index in [4.69, 9.17) is 5.73 Å². The Kier molecular flexibility index (Phi) is 17.1. The number of rotatable bonds is 20. The van der Waals surface area contributed by atoms with Crippen LogP contribution in [-0.2, 0) is 0 Å². The van der Waals surface area contributed by atoms with Crippen molar-refractivity contribution < 1.29 is 0 Å². The number of hydrogen-bond donors (Lipinski definition) is 1. The van der Waals surface area contributed by atoms with Crippen molar-refractivity contribution >= 4 is 0 Å². The third kappa shape index (κ3) is 16.9. The molecule has 0 aromatic rings. The molecule has 0 radical (unpaired) electrons. The molecular weight excluding hydrogens is 422 g/mol. The molecule has 0 aliphatic heterocycles. The standard InChI is InChI=1S/C34H69N/c1-13-20-33(9,10)25-34(11,12)24-31(19-17-28(7)22-27(6)14-2)32(35)23-29(8)16-18-30(15-3)21-26(4)5/h16,18,26-32H,13-15,17,19-25,35H2,1-12H3/b18-16-. The minimum atomic E-state index is 0.296. The second kappa shape index (κ2) is 17.3. The lowest BCUT2D eigenvalue weighted by atomic mass is 9.67. The van der Waals surface area contributed by atoms with Crippen LogP contribution in [0.3, 0.4) is 0 Å². The Morgan fingerprint density at radius 3 is 1.86 bits per heavy atom. The Morgan fingerprint density at radius 1 is 0.714 bits per heavy atom. The van der Waals surface area contributed by atoms with Crippen molar-refractivity contribution in [1.29, 1.82) is 0 Å². The summed E-state index contributed by atoms with van der Waals surface area (Å²) < 4.78 is 0. The first-order valence-electron chi connectivity index (χ1n) is 15.6. The molecule has 6 unspecified atom stereocenters. The van der Waals surface area contributed by atoms with Crippen LogP contribution >= 0.6 is 0 Å². The fourth-order valence-electron chi connectivity index (χ4n) is 6.81. The van der Waals surface area contributed by atoms with Gasteiger partial charge in [0.15, 0.2) is 0 Å². The van der Waals surface area contributed by atoms with Crippen LogP contribution in [0.5, 0.6) is 0 Å². The van der Waals surface area contributed by atoms with E-state index in [1.54, 1.807) is 0 Å². The van der Waals surface area contributed by atoms with Gasteiger partial charge in [0.2, 0.25) is 0 Å². The molecule has 35 heavy (non-hydrogen) atoms. The molecule has 0 aliphatic carbocycles.